The van der Waals surface area contributed by atoms with Gasteiger partial charge in [-0.1, -0.05) is 0 Å². The Kier molecular flexibility index (Phi) is 3.60. The van der Waals surface area contributed by atoms with Gasteiger partial charge in [-0.05, 0) is 19.8 Å². The van der Waals surface area contributed by atoms with Gasteiger partial charge < -0.3 is 5.32 Å². The van der Waals surface area contributed by atoms with Gasteiger partial charge in [-0.25, -0.2) is 9.97 Å². The van der Waals surface area contributed by atoms with Crippen LogP contribution in [0.15, 0.2) is 23.7 Å². The van der Waals surface area contributed by atoms with Crippen LogP contribution in [0.4, 0.5) is 5.69 Å². The molecule has 112 valence electrons. The van der Waals surface area contributed by atoms with E-state index in [9.17, 15) is 8.42 Å². The van der Waals surface area contributed by atoms with Gasteiger partial charge in [0.2, 0.25) is 5.03 Å². The molecule has 1 aliphatic carbocycles. The molecule has 3 rings (SSSR count). The van der Waals surface area contributed by atoms with Crippen molar-refractivity contribution in [2.75, 3.05) is 4.72 Å². The standard InChI is InChI=1S/C12H16N6O2S/c1-8-11(6-15-9-2-3-9)12(17-16-8)21(19,20)18-10-4-13-7-14-5-10/h4-5,7,9,15,18H,2-3,6H2,1H3,(H,16,17). The van der Waals surface area contributed by atoms with E-state index < -0.39 is 10.0 Å². The van der Waals surface area contributed by atoms with Crippen LogP contribution in [0.25, 0.3) is 0 Å². The van der Waals surface area contributed by atoms with E-state index in [1.54, 1.807) is 0 Å². The zero-order chi connectivity index (χ0) is 14.9. The van der Waals surface area contributed by atoms with E-state index in [-0.39, 0.29) is 5.03 Å². The van der Waals surface area contributed by atoms with Crippen molar-refractivity contribution >= 4 is 15.7 Å². The third kappa shape index (κ3) is 3.19. The molecule has 0 spiro atoms. The highest BCUT2D eigenvalue weighted by Gasteiger charge is 2.26. The number of aromatic amines is 1. The van der Waals surface area contributed by atoms with Gasteiger partial charge in [0.15, 0.2) is 0 Å². The molecule has 3 N–H and O–H groups in total. The van der Waals surface area contributed by atoms with E-state index in [0.717, 1.165) is 18.5 Å². The number of H-pyrrole nitrogens is 1. The summed E-state index contributed by atoms with van der Waals surface area (Å²) in [4.78, 5) is 7.56. The van der Waals surface area contributed by atoms with Crippen molar-refractivity contribution in [1.82, 2.24) is 25.5 Å². The highest BCUT2D eigenvalue weighted by atomic mass is 32.2. The van der Waals surface area contributed by atoms with Crippen LogP contribution < -0.4 is 10.0 Å². The lowest BCUT2D eigenvalue weighted by atomic mass is 10.2. The fraction of sp³-hybridized carbons (Fsp3) is 0.417. The van der Waals surface area contributed by atoms with Gasteiger partial charge in [-0.3, -0.25) is 9.82 Å². The Morgan fingerprint density at radius 1 is 1.33 bits per heavy atom. The highest BCUT2D eigenvalue weighted by Crippen LogP contribution is 2.23. The lowest BCUT2D eigenvalue weighted by molar-refractivity contribution is 0.593. The van der Waals surface area contributed by atoms with E-state index in [1.807, 2.05) is 6.92 Å². The lowest BCUT2D eigenvalue weighted by Gasteiger charge is -2.08. The molecular formula is C12H16N6O2S. The second-order valence-electron chi connectivity index (χ2n) is 5.02. The van der Waals surface area contributed by atoms with Crippen LogP contribution in [0.5, 0.6) is 0 Å². The van der Waals surface area contributed by atoms with Crippen LogP contribution in [0.3, 0.4) is 0 Å². The zero-order valence-corrected chi connectivity index (χ0v) is 12.3. The van der Waals surface area contributed by atoms with Crippen molar-refractivity contribution in [3.63, 3.8) is 0 Å². The largest absolute Gasteiger partial charge is 0.310 e. The summed E-state index contributed by atoms with van der Waals surface area (Å²) in [6.45, 7) is 2.29. The summed E-state index contributed by atoms with van der Waals surface area (Å²) in [7, 11) is -3.76. The number of aryl methyl sites for hydroxylation is 1. The molecule has 1 fully saturated rings. The van der Waals surface area contributed by atoms with Crippen molar-refractivity contribution in [2.45, 2.75) is 37.4 Å². The molecule has 2 aromatic heterocycles. The third-order valence-electron chi connectivity index (χ3n) is 3.25. The first-order chi connectivity index (χ1) is 10.1. The maximum absolute atomic E-state index is 12.4. The number of anilines is 1. The molecule has 0 atom stereocenters. The number of hydrogen-bond acceptors (Lipinski definition) is 6. The summed E-state index contributed by atoms with van der Waals surface area (Å²) in [5, 5.41) is 9.97. The molecule has 8 nitrogen and oxygen atoms in total. The molecule has 0 aliphatic heterocycles. The summed E-state index contributed by atoms with van der Waals surface area (Å²) in [6, 6.07) is 0.491. The first-order valence-electron chi connectivity index (χ1n) is 6.61. The summed E-state index contributed by atoms with van der Waals surface area (Å²) >= 11 is 0. The van der Waals surface area contributed by atoms with Crippen molar-refractivity contribution in [1.29, 1.82) is 0 Å². The van der Waals surface area contributed by atoms with Gasteiger partial charge in [0.25, 0.3) is 10.0 Å². The predicted octanol–water partition coefficient (Wildman–Crippen LogP) is 0.561. The average molecular weight is 308 g/mol. The lowest BCUT2D eigenvalue weighted by Crippen LogP contribution is -2.20. The Morgan fingerprint density at radius 2 is 2.05 bits per heavy atom. The minimum absolute atomic E-state index is 0.0111. The van der Waals surface area contributed by atoms with E-state index >= 15 is 0 Å². The minimum Gasteiger partial charge on any atom is -0.310 e. The van der Waals surface area contributed by atoms with Crippen molar-refractivity contribution in [3.8, 4) is 0 Å². The van der Waals surface area contributed by atoms with Crippen LogP contribution in [-0.4, -0.2) is 34.6 Å². The SMILES string of the molecule is Cc1[nH]nc(S(=O)(=O)Nc2cncnc2)c1CNC1CC1. The zero-order valence-electron chi connectivity index (χ0n) is 11.5. The van der Waals surface area contributed by atoms with Gasteiger partial charge in [-0.2, -0.15) is 13.5 Å². The second-order valence-corrected chi connectivity index (χ2v) is 6.62. The Hall–Kier alpha value is -2.00. The molecule has 2 aromatic rings. The van der Waals surface area contributed by atoms with Crippen LogP contribution in [-0.2, 0) is 16.6 Å². The van der Waals surface area contributed by atoms with Crippen LogP contribution in [0.1, 0.15) is 24.1 Å². The van der Waals surface area contributed by atoms with Crippen molar-refractivity contribution < 1.29 is 8.42 Å². The van der Waals surface area contributed by atoms with Gasteiger partial charge in [0, 0.05) is 23.8 Å². The Balaban J connectivity index is 1.84. The summed E-state index contributed by atoms with van der Waals surface area (Å²) in [5.74, 6) is 0. The topological polar surface area (TPSA) is 113 Å². The smallest absolute Gasteiger partial charge is 0.281 e. The minimum atomic E-state index is -3.76. The number of hydrogen-bond donors (Lipinski definition) is 3. The Labute approximate surface area is 122 Å². The van der Waals surface area contributed by atoms with E-state index in [0.29, 0.717) is 23.8 Å². The quantitative estimate of drug-likeness (QED) is 0.719. The molecule has 1 aliphatic rings. The molecule has 2 heterocycles. The highest BCUT2D eigenvalue weighted by molar-refractivity contribution is 7.92. The van der Waals surface area contributed by atoms with Crippen LogP contribution in [0.2, 0.25) is 0 Å². The van der Waals surface area contributed by atoms with Crippen LogP contribution in [0, 0.1) is 6.92 Å². The summed E-state index contributed by atoms with van der Waals surface area (Å²) < 4.78 is 27.3. The first kappa shape index (κ1) is 14.0. The molecule has 0 radical (unpaired) electrons. The summed E-state index contributed by atoms with van der Waals surface area (Å²) in [5.41, 5.74) is 1.71. The van der Waals surface area contributed by atoms with E-state index in [2.05, 4.69) is 30.2 Å². The molecule has 21 heavy (non-hydrogen) atoms. The number of nitrogens with zero attached hydrogens (tertiary/aromatic N) is 3. The van der Waals surface area contributed by atoms with Gasteiger partial charge in [0.1, 0.15) is 6.33 Å². The number of nitrogens with one attached hydrogen (secondary N) is 3. The molecule has 0 bridgehead atoms. The van der Waals surface area contributed by atoms with Gasteiger partial charge >= 0.3 is 0 Å². The maximum atomic E-state index is 12.4. The molecule has 0 saturated heterocycles. The van der Waals surface area contributed by atoms with Gasteiger partial charge in [-0.15, -0.1) is 0 Å². The van der Waals surface area contributed by atoms with E-state index in [1.165, 1.54) is 18.7 Å². The summed E-state index contributed by atoms with van der Waals surface area (Å²) in [6.07, 6.45) is 6.40. The average Bonchev–Trinajstić information content (AvgIpc) is 3.20. The Bertz CT molecular complexity index is 723. The first-order valence-corrected chi connectivity index (χ1v) is 8.09. The maximum Gasteiger partial charge on any atom is 0.281 e. The van der Waals surface area contributed by atoms with Crippen LogP contribution >= 0.6 is 0 Å². The van der Waals surface area contributed by atoms with Crippen molar-refractivity contribution in [3.05, 3.63) is 30.0 Å². The Morgan fingerprint density at radius 3 is 2.71 bits per heavy atom. The number of sulfonamides is 1. The molecular weight excluding hydrogens is 292 g/mol. The number of aromatic nitrogens is 4. The van der Waals surface area contributed by atoms with Crippen molar-refractivity contribution in [2.24, 2.45) is 0 Å². The second kappa shape index (κ2) is 5.41. The molecule has 0 amide bonds. The molecule has 0 unspecified atom stereocenters. The molecule has 1 saturated carbocycles. The normalized spacial score (nSPS) is 15.1. The monoisotopic (exact) mass is 308 g/mol. The fourth-order valence-corrected chi connectivity index (χ4v) is 3.18. The predicted molar refractivity (Wildman–Crippen MR) is 76.0 cm³/mol. The van der Waals surface area contributed by atoms with Gasteiger partial charge in [0.05, 0.1) is 18.1 Å². The number of rotatable bonds is 6. The molecule has 9 heteroatoms. The molecule has 0 aromatic carbocycles. The fourth-order valence-electron chi connectivity index (χ4n) is 1.95. The van der Waals surface area contributed by atoms with E-state index in [4.69, 9.17) is 0 Å². The third-order valence-corrected chi connectivity index (χ3v) is 4.60.